The average molecular weight is 367 g/mol. The molecule has 0 bridgehead atoms. The van der Waals surface area contributed by atoms with Gasteiger partial charge in [0.25, 0.3) is 0 Å². The molecule has 0 saturated carbocycles. The van der Waals surface area contributed by atoms with E-state index < -0.39 is 17.8 Å². The van der Waals surface area contributed by atoms with E-state index >= 15 is 0 Å². The Balaban J connectivity index is 2.47. The Morgan fingerprint density at radius 3 is 2.23 bits per heavy atom. The van der Waals surface area contributed by atoms with Crippen LogP contribution < -0.4 is 0 Å². The van der Waals surface area contributed by atoms with Crippen LogP contribution in [0.2, 0.25) is 0 Å². The standard InChI is InChI=1S/C16H12BrFO4/c17-8-11-3-4-13(18)6-12(11)5-9-1-2-10(15(19)20)7-14(9)16(21)22/h1-4,6-7H,5,8H2,(H,19,20)(H,21,22). The highest BCUT2D eigenvalue weighted by Crippen LogP contribution is 2.22. The van der Waals surface area contributed by atoms with Crippen molar-refractivity contribution < 1.29 is 24.2 Å². The van der Waals surface area contributed by atoms with Gasteiger partial charge in [-0.1, -0.05) is 28.1 Å². The summed E-state index contributed by atoms with van der Waals surface area (Å²) in [5, 5.41) is 18.7. The lowest BCUT2D eigenvalue weighted by atomic mass is 9.95. The van der Waals surface area contributed by atoms with Crippen LogP contribution in [-0.2, 0) is 11.8 Å². The van der Waals surface area contributed by atoms with Gasteiger partial charge in [-0.2, -0.15) is 0 Å². The molecule has 2 aromatic rings. The summed E-state index contributed by atoms with van der Waals surface area (Å²) in [7, 11) is 0. The number of alkyl halides is 1. The molecule has 2 rings (SSSR count). The largest absolute Gasteiger partial charge is 0.478 e. The van der Waals surface area contributed by atoms with Gasteiger partial charge in [-0.05, 0) is 47.4 Å². The number of hydrogen-bond acceptors (Lipinski definition) is 2. The normalized spacial score (nSPS) is 10.5. The Morgan fingerprint density at radius 2 is 1.64 bits per heavy atom. The molecule has 4 nitrogen and oxygen atoms in total. The van der Waals surface area contributed by atoms with Gasteiger partial charge < -0.3 is 10.2 Å². The van der Waals surface area contributed by atoms with Crippen LogP contribution in [0.3, 0.4) is 0 Å². The van der Waals surface area contributed by atoms with E-state index in [0.717, 1.165) is 11.6 Å². The number of aromatic carboxylic acids is 2. The molecule has 0 aromatic heterocycles. The van der Waals surface area contributed by atoms with Crippen molar-refractivity contribution in [1.82, 2.24) is 0 Å². The predicted molar refractivity (Wildman–Crippen MR) is 82.2 cm³/mol. The van der Waals surface area contributed by atoms with Gasteiger partial charge in [0.2, 0.25) is 0 Å². The average Bonchev–Trinajstić information content (AvgIpc) is 2.47. The Morgan fingerprint density at radius 1 is 0.955 bits per heavy atom. The molecule has 0 amide bonds. The molecule has 114 valence electrons. The molecule has 0 aliphatic rings. The summed E-state index contributed by atoms with van der Waals surface area (Å²) in [6.07, 6.45) is 0.209. The van der Waals surface area contributed by atoms with Gasteiger partial charge in [-0.3, -0.25) is 0 Å². The highest BCUT2D eigenvalue weighted by molar-refractivity contribution is 9.08. The number of hydrogen-bond donors (Lipinski definition) is 2. The van der Waals surface area contributed by atoms with Crippen molar-refractivity contribution in [3.63, 3.8) is 0 Å². The first-order valence-electron chi connectivity index (χ1n) is 6.35. The smallest absolute Gasteiger partial charge is 0.336 e. The maximum atomic E-state index is 13.4. The summed E-state index contributed by atoms with van der Waals surface area (Å²) in [6.45, 7) is 0. The minimum Gasteiger partial charge on any atom is -0.478 e. The molecule has 0 fully saturated rings. The zero-order valence-corrected chi connectivity index (χ0v) is 12.9. The number of carboxylic acid groups (broad SMARTS) is 2. The van der Waals surface area contributed by atoms with Gasteiger partial charge in [0.15, 0.2) is 0 Å². The van der Waals surface area contributed by atoms with Gasteiger partial charge in [0.05, 0.1) is 11.1 Å². The Bertz CT molecular complexity index is 743. The first-order chi connectivity index (χ1) is 10.4. The number of benzene rings is 2. The molecule has 0 spiro atoms. The zero-order valence-electron chi connectivity index (χ0n) is 11.3. The van der Waals surface area contributed by atoms with Crippen LogP contribution in [0.5, 0.6) is 0 Å². The SMILES string of the molecule is O=C(O)c1ccc(Cc2cc(F)ccc2CBr)c(C(=O)O)c1. The third-order valence-corrected chi connectivity index (χ3v) is 3.88. The molecule has 2 aromatic carbocycles. The van der Waals surface area contributed by atoms with Crippen LogP contribution in [0.25, 0.3) is 0 Å². The van der Waals surface area contributed by atoms with Gasteiger partial charge in [0, 0.05) is 5.33 Å². The molecule has 0 unspecified atom stereocenters. The van der Waals surface area contributed by atoms with Crippen molar-refractivity contribution in [3.8, 4) is 0 Å². The lowest BCUT2D eigenvalue weighted by Crippen LogP contribution is -2.07. The van der Waals surface area contributed by atoms with E-state index in [-0.39, 0.29) is 17.5 Å². The van der Waals surface area contributed by atoms with E-state index in [1.807, 2.05) is 0 Å². The highest BCUT2D eigenvalue weighted by Gasteiger charge is 2.15. The molecule has 22 heavy (non-hydrogen) atoms. The fourth-order valence-corrected chi connectivity index (χ4v) is 2.70. The first kappa shape index (κ1) is 16.2. The molecule has 0 saturated heterocycles. The fraction of sp³-hybridized carbons (Fsp3) is 0.125. The van der Waals surface area contributed by atoms with E-state index in [1.54, 1.807) is 6.07 Å². The Labute approximate surface area is 134 Å². The molecule has 0 aliphatic heterocycles. The Hall–Kier alpha value is -2.21. The lowest BCUT2D eigenvalue weighted by molar-refractivity contribution is 0.0695. The third-order valence-electron chi connectivity index (χ3n) is 3.28. The number of carbonyl (C=O) groups is 2. The molecule has 0 radical (unpaired) electrons. The van der Waals surface area contributed by atoms with Crippen LogP contribution in [-0.4, -0.2) is 22.2 Å². The van der Waals surface area contributed by atoms with Crippen molar-refractivity contribution in [3.05, 3.63) is 70.0 Å². The summed E-state index contributed by atoms with van der Waals surface area (Å²) < 4.78 is 13.4. The third kappa shape index (κ3) is 3.51. The van der Waals surface area contributed by atoms with Crippen LogP contribution >= 0.6 is 15.9 Å². The van der Waals surface area contributed by atoms with Crippen molar-refractivity contribution >= 4 is 27.9 Å². The summed E-state index contributed by atoms with van der Waals surface area (Å²) >= 11 is 3.31. The van der Waals surface area contributed by atoms with E-state index in [4.69, 9.17) is 5.11 Å². The predicted octanol–water partition coefficient (Wildman–Crippen LogP) is 3.71. The van der Waals surface area contributed by atoms with Crippen LogP contribution in [0.4, 0.5) is 4.39 Å². The maximum absolute atomic E-state index is 13.4. The van der Waals surface area contributed by atoms with Gasteiger partial charge in [-0.15, -0.1) is 0 Å². The molecular weight excluding hydrogens is 355 g/mol. The van der Waals surface area contributed by atoms with E-state index in [0.29, 0.717) is 16.5 Å². The van der Waals surface area contributed by atoms with E-state index in [1.165, 1.54) is 24.3 Å². The van der Waals surface area contributed by atoms with Gasteiger partial charge in [0.1, 0.15) is 5.82 Å². The molecule has 6 heteroatoms. The molecule has 0 heterocycles. The number of rotatable bonds is 5. The summed E-state index contributed by atoms with van der Waals surface area (Å²) in [5.74, 6) is -2.81. The van der Waals surface area contributed by atoms with Crippen molar-refractivity contribution in [2.75, 3.05) is 0 Å². The Kier molecular flexibility index (Phi) is 4.92. The number of carboxylic acids is 2. The topological polar surface area (TPSA) is 74.6 Å². The fourth-order valence-electron chi connectivity index (χ4n) is 2.16. The monoisotopic (exact) mass is 366 g/mol. The second-order valence-electron chi connectivity index (χ2n) is 4.71. The quantitative estimate of drug-likeness (QED) is 0.791. The lowest BCUT2D eigenvalue weighted by Gasteiger charge is -2.11. The minimum absolute atomic E-state index is 0.0929. The van der Waals surface area contributed by atoms with Crippen LogP contribution in [0.1, 0.15) is 37.4 Å². The van der Waals surface area contributed by atoms with E-state index in [9.17, 15) is 19.1 Å². The highest BCUT2D eigenvalue weighted by atomic mass is 79.9. The second-order valence-corrected chi connectivity index (χ2v) is 5.27. The first-order valence-corrected chi connectivity index (χ1v) is 7.47. The number of halogens is 2. The zero-order chi connectivity index (χ0) is 16.3. The second kappa shape index (κ2) is 6.70. The molecular formula is C16H12BrFO4. The molecule has 0 aliphatic carbocycles. The van der Waals surface area contributed by atoms with Gasteiger partial charge in [-0.25, -0.2) is 14.0 Å². The summed E-state index contributed by atoms with van der Waals surface area (Å²) in [4.78, 5) is 22.3. The maximum Gasteiger partial charge on any atom is 0.336 e. The van der Waals surface area contributed by atoms with Crippen molar-refractivity contribution in [2.45, 2.75) is 11.8 Å². The van der Waals surface area contributed by atoms with Crippen molar-refractivity contribution in [2.24, 2.45) is 0 Å². The molecule has 0 atom stereocenters. The van der Waals surface area contributed by atoms with E-state index in [2.05, 4.69) is 15.9 Å². The van der Waals surface area contributed by atoms with Crippen molar-refractivity contribution in [1.29, 1.82) is 0 Å². The van der Waals surface area contributed by atoms with Crippen LogP contribution in [0, 0.1) is 5.82 Å². The minimum atomic E-state index is -1.21. The van der Waals surface area contributed by atoms with Crippen LogP contribution in [0.15, 0.2) is 36.4 Å². The summed E-state index contributed by atoms with van der Waals surface area (Å²) in [5.41, 5.74) is 1.75. The summed E-state index contributed by atoms with van der Waals surface area (Å²) in [6, 6.07) is 8.24. The molecule has 2 N–H and O–H groups in total. The van der Waals surface area contributed by atoms with Gasteiger partial charge >= 0.3 is 11.9 Å².